The van der Waals surface area contributed by atoms with Crippen molar-refractivity contribution in [2.75, 3.05) is 17.5 Å². The predicted octanol–water partition coefficient (Wildman–Crippen LogP) is 7.14. The van der Waals surface area contributed by atoms with Crippen molar-refractivity contribution in [1.29, 1.82) is 0 Å². The van der Waals surface area contributed by atoms with E-state index in [1.165, 1.54) is 29.2 Å². The van der Waals surface area contributed by atoms with Gasteiger partial charge in [0.15, 0.2) is 0 Å². The molecular weight excluding hydrogens is 657 g/mol. The zero-order valence-corrected chi connectivity index (χ0v) is 28.9. The molecule has 0 spiro atoms. The van der Waals surface area contributed by atoms with Gasteiger partial charge in [0.25, 0.3) is 10.0 Å². The van der Waals surface area contributed by atoms with E-state index in [1.54, 1.807) is 48.5 Å². The molecule has 1 N–H and O–H groups in total. The standard InChI is InChI=1S/C36H39Cl2N3O5S/c1-4-26(3)39-36(43)34(23-27-11-7-6-8-12-27)40(24-28-13-9-10-14-33(28)38)35(42)25-41(30-17-19-31(20-18-30)46-5-2)47(44,45)32-21-15-29(37)16-22-32/h6-22,26,34H,4-5,23-25H2,1-3H3,(H,39,43)/t26-,34-/m0/s1. The van der Waals surface area contributed by atoms with Crippen LogP contribution in [0.1, 0.15) is 38.3 Å². The summed E-state index contributed by atoms with van der Waals surface area (Å²) in [7, 11) is -4.27. The molecule has 0 aromatic heterocycles. The van der Waals surface area contributed by atoms with Crippen LogP contribution in [0.5, 0.6) is 5.75 Å². The fraction of sp³-hybridized carbons (Fsp3) is 0.278. The summed E-state index contributed by atoms with van der Waals surface area (Å²) in [4.78, 5) is 29.9. The molecule has 0 saturated heterocycles. The highest BCUT2D eigenvalue weighted by Crippen LogP contribution is 2.28. The lowest BCUT2D eigenvalue weighted by atomic mass is 10.0. The molecule has 2 amide bonds. The number of carbonyl (C=O) groups is 2. The van der Waals surface area contributed by atoms with Crippen LogP contribution in [0.4, 0.5) is 5.69 Å². The molecule has 4 rings (SSSR count). The summed E-state index contributed by atoms with van der Waals surface area (Å²) in [5, 5.41) is 3.82. The van der Waals surface area contributed by atoms with Gasteiger partial charge in [-0.3, -0.25) is 13.9 Å². The second kappa shape index (κ2) is 16.7. The van der Waals surface area contributed by atoms with Gasteiger partial charge in [-0.1, -0.05) is 78.7 Å². The van der Waals surface area contributed by atoms with Crippen LogP contribution in [0, 0.1) is 0 Å². The van der Waals surface area contributed by atoms with E-state index in [-0.39, 0.29) is 35.5 Å². The number of carbonyl (C=O) groups excluding carboxylic acids is 2. The van der Waals surface area contributed by atoms with Crippen LogP contribution in [0.2, 0.25) is 10.0 Å². The Morgan fingerprint density at radius 3 is 2.11 bits per heavy atom. The molecule has 11 heteroatoms. The van der Waals surface area contributed by atoms with E-state index >= 15 is 0 Å². The highest BCUT2D eigenvalue weighted by atomic mass is 35.5. The molecule has 0 fully saturated rings. The maximum Gasteiger partial charge on any atom is 0.264 e. The Bertz CT molecular complexity index is 1740. The first-order chi connectivity index (χ1) is 22.5. The molecule has 0 aliphatic heterocycles. The van der Waals surface area contributed by atoms with Gasteiger partial charge in [0.2, 0.25) is 11.8 Å². The molecule has 0 unspecified atom stereocenters. The minimum atomic E-state index is -4.27. The number of hydrogen-bond donors (Lipinski definition) is 1. The minimum Gasteiger partial charge on any atom is -0.494 e. The van der Waals surface area contributed by atoms with Crippen LogP contribution >= 0.6 is 23.2 Å². The van der Waals surface area contributed by atoms with Crippen molar-refractivity contribution in [3.05, 3.63) is 124 Å². The average molecular weight is 697 g/mol. The summed E-state index contributed by atoms with van der Waals surface area (Å²) in [5.41, 5.74) is 1.70. The van der Waals surface area contributed by atoms with Gasteiger partial charge in [-0.2, -0.15) is 0 Å². The zero-order chi connectivity index (χ0) is 34.0. The summed E-state index contributed by atoms with van der Waals surface area (Å²) >= 11 is 12.6. The number of hydrogen-bond acceptors (Lipinski definition) is 5. The Balaban J connectivity index is 1.81. The molecular formula is C36H39Cl2N3O5S. The van der Waals surface area contributed by atoms with Crippen LogP contribution < -0.4 is 14.4 Å². The number of amides is 2. The van der Waals surface area contributed by atoms with Crippen molar-refractivity contribution in [3.8, 4) is 5.75 Å². The average Bonchev–Trinajstić information content (AvgIpc) is 3.07. The smallest absolute Gasteiger partial charge is 0.264 e. The quantitative estimate of drug-likeness (QED) is 0.143. The number of anilines is 1. The van der Waals surface area contributed by atoms with E-state index in [0.717, 1.165) is 9.87 Å². The van der Waals surface area contributed by atoms with Crippen LogP contribution in [-0.4, -0.2) is 50.4 Å². The summed E-state index contributed by atoms with van der Waals surface area (Å²) < 4.78 is 35.0. The highest BCUT2D eigenvalue weighted by Gasteiger charge is 2.35. The second-order valence-corrected chi connectivity index (χ2v) is 13.7. The fourth-order valence-corrected chi connectivity index (χ4v) is 6.68. The lowest BCUT2D eigenvalue weighted by Crippen LogP contribution is -2.54. The van der Waals surface area contributed by atoms with E-state index in [9.17, 15) is 18.0 Å². The first-order valence-corrected chi connectivity index (χ1v) is 17.6. The lowest BCUT2D eigenvalue weighted by molar-refractivity contribution is -0.140. The van der Waals surface area contributed by atoms with Crippen LogP contribution in [-0.2, 0) is 32.6 Å². The molecule has 248 valence electrons. The fourth-order valence-electron chi connectivity index (χ4n) is 4.94. The number of nitrogens with one attached hydrogen (secondary N) is 1. The van der Waals surface area contributed by atoms with Gasteiger partial charge in [-0.15, -0.1) is 0 Å². The molecule has 0 aliphatic carbocycles. The molecule has 8 nitrogen and oxygen atoms in total. The van der Waals surface area contributed by atoms with E-state index in [0.29, 0.717) is 34.4 Å². The van der Waals surface area contributed by atoms with Crippen molar-refractivity contribution in [2.45, 2.75) is 57.1 Å². The number of sulfonamides is 1. The SMILES string of the molecule is CCOc1ccc(N(CC(=O)N(Cc2ccccc2Cl)[C@@H](Cc2ccccc2)C(=O)N[C@@H](C)CC)S(=O)(=O)c2ccc(Cl)cc2)cc1. The monoisotopic (exact) mass is 695 g/mol. The van der Waals surface area contributed by atoms with Gasteiger partial charge in [0.1, 0.15) is 18.3 Å². The second-order valence-electron chi connectivity index (χ2n) is 11.0. The molecule has 0 bridgehead atoms. The van der Waals surface area contributed by atoms with Gasteiger partial charge in [-0.05, 0) is 86.0 Å². The number of benzene rings is 4. The van der Waals surface area contributed by atoms with Crippen molar-refractivity contribution >= 4 is 50.7 Å². The summed E-state index contributed by atoms with van der Waals surface area (Å²) in [6.45, 7) is 5.52. The third kappa shape index (κ3) is 9.50. The Morgan fingerprint density at radius 1 is 0.851 bits per heavy atom. The van der Waals surface area contributed by atoms with Gasteiger partial charge >= 0.3 is 0 Å². The van der Waals surface area contributed by atoms with E-state index < -0.39 is 28.5 Å². The summed E-state index contributed by atoms with van der Waals surface area (Å²) in [6, 6.07) is 27.5. The van der Waals surface area contributed by atoms with Gasteiger partial charge < -0.3 is 15.0 Å². The van der Waals surface area contributed by atoms with Crippen molar-refractivity contribution in [2.24, 2.45) is 0 Å². The van der Waals surface area contributed by atoms with Crippen LogP contribution in [0.25, 0.3) is 0 Å². The third-order valence-electron chi connectivity index (χ3n) is 7.69. The van der Waals surface area contributed by atoms with Crippen molar-refractivity contribution in [1.82, 2.24) is 10.2 Å². The summed E-state index contributed by atoms with van der Waals surface area (Å²) in [6.07, 6.45) is 0.888. The first kappa shape index (κ1) is 35.8. The Morgan fingerprint density at radius 2 is 1.49 bits per heavy atom. The predicted molar refractivity (Wildman–Crippen MR) is 187 cm³/mol. The van der Waals surface area contributed by atoms with E-state index in [1.807, 2.05) is 51.1 Å². The zero-order valence-electron chi connectivity index (χ0n) is 26.6. The number of rotatable bonds is 15. The Hall–Kier alpha value is -4.05. The van der Waals surface area contributed by atoms with Gasteiger partial charge in [0, 0.05) is 29.1 Å². The maximum absolute atomic E-state index is 14.6. The molecule has 4 aromatic carbocycles. The summed E-state index contributed by atoms with van der Waals surface area (Å²) in [5.74, 6) is -0.384. The minimum absolute atomic E-state index is 0.0258. The third-order valence-corrected chi connectivity index (χ3v) is 10.1. The van der Waals surface area contributed by atoms with Crippen molar-refractivity contribution < 1.29 is 22.7 Å². The number of ether oxygens (including phenoxy) is 1. The van der Waals surface area contributed by atoms with Crippen LogP contribution in [0.3, 0.4) is 0 Å². The van der Waals surface area contributed by atoms with Crippen molar-refractivity contribution in [3.63, 3.8) is 0 Å². The highest BCUT2D eigenvalue weighted by molar-refractivity contribution is 7.92. The number of halogens is 2. The molecule has 4 aromatic rings. The topological polar surface area (TPSA) is 96.0 Å². The molecule has 0 heterocycles. The van der Waals surface area contributed by atoms with E-state index in [4.69, 9.17) is 27.9 Å². The first-order valence-electron chi connectivity index (χ1n) is 15.4. The number of nitrogens with zero attached hydrogens (tertiary/aromatic N) is 2. The molecule has 2 atom stereocenters. The van der Waals surface area contributed by atoms with E-state index in [2.05, 4.69) is 5.32 Å². The van der Waals surface area contributed by atoms with Gasteiger partial charge in [-0.25, -0.2) is 8.42 Å². The lowest BCUT2D eigenvalue weighted by Gasteiger charge is -2.34. The normalized spacial score (nSPS) is 12.5. The Labute approximate surface area is 287 Å². The van der Waals surface area contributed by atoms with Gasteiger partial charge in [0.05, 0.1) is 17.2 Å². The molecule has 0 saturated carbocycles. The molecule has 47 heavy (non-hydrogen) atoms. The largest absolute Gasteiger partial charge is 0.494 e. The maximum atomic E-state index is 14.6. The van der Waals surface area contributed by atoms with Crippen LogP contribution in [0.15, 0.2) is 108 Å². The molecule has 0 radical (unpaired) electrons. The Kier molecular flexibility index (Phi) is 12.7. The molecule has 0 aliphatic rings.